The van der Waals surface area contributed by atoms with Crippen molar-refractivity contribution in [2.75, 3.05) is 12.2 Å². The highest BCUT2D eigenvalue weighted by atomic mass is 19.2. The number of aromatic nitrogens is 2. The van der Waals surface area contributed by atoms with E-state index in [4.69, 9.17) is 10.5 Å². The summed E-state index contributed by atoms with van der Waals surface area (Å²) in [4.78, 5) is 23.7. The van der Waals surface area contributed by atoms with Crippen LogP contribution in [0.25, 0.3) is 0 Å². The van der Waals surface area contributed by atoms with Gasteiger partial charge in [0.1, 0.15) is 11.8 Å². The van der Waals surface area contributed by atoms with Gasteiger partial charge in [0.2, 0.25) is 12.7 Å². The lowest BCUT2D eigenvalue weighted by Crippen LogP contribution is -2.29. The van der Waals surface area contributed by atoms with Gasteiger partial charge in [0.25, 0.3) is 11.9 Å². The average Bonchev–Trinajstić information content (AvgIpc) is 2.64. The van der Waals surface area contributed by atoms with Crippen LogP contribution < -0.4 is 15.8 Å². The fourth-order valence-corrected chi connectivity index (χ4v) is 2.69. The number of anilines is 1. The topological polar surface area (TPSA) is 112 Å². The predicted octanol–water partition coefficient (Wildman–Crippen LogP) is 2.48. The van der Waals surface area contributed by atoms with E-state index in [9.17, 15) is 18.0 Å². The Morgan fingerprint density at radius 2 is 2.14 bits per heavy atom. The lowest BCUT2D eigenvalue weighted by atomic mass is 9.99. The first-order valence-corrected chi connectivity index (χ1v) is 8.18. The number of ether oxygens (including phenoxy) is 2. The van der Waals surface area contributed by atoms with E-state index in [0.717, 1.165) is 18.5 Å². The number of nitrogens with two attached hydrogens (primary N) is 1. The average molecular weight is 395 g/mol. The van der Waals surface area contributed by atoms with E-state index in [1.165, 1.54) is 6.07 Å². The molecule has 1 aliphatic heterocycles. The standard InChI is InChI=1S/C17H16F3N5O3/c1-8-2-12(25-17(21)28-8)10-3-9(4-11(19)15(10)20)24-16(26)13-5-23-14(6-22-13)27-7-18/h3-6,8,12H,2,7H2,1H3,(H2,21,25)(H,24,26). The first kappa shape index (κ1) is 19.4. The van der Waals surface area contributed by atoms with Crippen molar-refractivity contribution in [1.29, 1.82) is 0 Å². The van der Waals surface area contributed by atoms with E-state index >= 15 is 0 Å². The maximum atomic E-state index is 14.3. The molecule has 0 bridgehead atoms. The van der Waals surface area contributed by atoms with Gasteiger partial charge in [-0.25, -0.2) is 28.1 Å². The number of amidine groups is 1. The van der Waals surface area contributed by atoms with Gasteiger partial charge in [-0.1, -0.05) is 0 Å². The van der Waals surface area contributed by atoms with E-state index in [-0.39, 0.29) is 41.4 Å². The SMILES string of the molecule is CC1CC(c2cc(NC(=O)c3cnc(OCF)cn3)cc(F)c2F)N=C(N)O1. The number of hydrogen-bond acceptors (Lipinski definition) is 7. The molecule has 11 heteroatoms. The van der Waals surface area contributed by atoms with Crippen LogP contribution >= 0.6 is 0 Å². The molecule has 148 valence electrons. The van der Waals surface area contributed by atoms with Gasteiger partial charge in [0, 0.05) is 23.7 Å². The molecule has 0 saturated carbocycles. The third-order valence-electron chi connectivity index (χ3n) is 3.90. The fourth-order valence-electron chi connectivity index (χ4n) is 2.69. The summed E-state index contributed by atoms with van der Waals surface area (Å²) in [5.41, 5.74) is 5.37. The molecule has 8 nitrogen and oxygen atoms in total. The first-order valence-electron chi connectivity index (χ1n) is 8.18. The molecular formula is C17H16F3N5O3. The molecule has 1 aromatic carbocycles. The second-order valence-electron chi connectivity index (χ2n) is 5.96. The monoisotopic (exact) mass is 395 g/mol. The van der Waals surface area contributed by atoms with Crippen LogP contribution in [0.15, 0.2) is 29.5 Å². The van der Waals surface area contributed by atoms with Crippen LogP contribution in [-0.2, 0) is 4.74 Å². The number of nitrogens with one attached hydrogen (secondary N) is 1. The summed E-state index contributed by atoms with van der Waals surface area (Å²) in [6.07, 6.45) is 2.08. The summed E-state index contributed by atoms with van der Waals surface area (Å²) in [6.45, 7) is 0.638. The molecule has 3 rings (SSSR count). The lowest BCUT2D eigenvalue weighted by molar-refractivity contribution is 0.102. The summed E-state index contributed by atoms with van der Waals surface area (Å²) >= 11 is 0. The largest absolute Gasteiger partial charge is 0.462 e. The van der Waals surface area contributed by atoms with Crippen molar-refractivity contribution in [3.05, 3.63) is 47.4 Å². The molecule has 0 fully saturated rings. The van der Waals surface area contributed by atoms with E-state index in [1.54, 1.807) is 6.92 Å². The zero-order valence-electron chi connectivity index (χ0n) is 14.7. The summed E-state index contributed by atoms with van der Waals surface area (Å²) in [5.74, 6) is -3.06. The van der Waals surface area contributed by atoms with E-state index in [0.29, 0.717) is 0 Å². The second-order valence-corrected chi connectivity index (χ2v) is 5.96. The third kappa shape index (κ3) is 4.30. The Morgan fingerprint density at radius 1 is 1.36 bits per heavy atom. The van der Waals surface area contributed by atoms with Crippen LogP contribution in [0, 0.1) is 11.6 Å². The molecule has 2 heterocycles. The van der Waals surface area contributed by atoms with Crippen molar-refractivity contribution in [1.82, 2.24) is 9.97 Å². The van der Waals surface area contributed by atoms with Gasteiger partial charge in [-0.3, -0.25) is 4.79 Å². The van der Waals surface area contributed by atoms with Crippen molar-refractivity contribution in [3.63, 3.8) is 0 Å². The molecule has 0 spiro atoms. The minimum absolute atomic E-state index is 0.00213. The fraction of sp³-hybridized carbons (Fsp3) is 0.294. The van der Waals surface area contributed by atoms with Crippen LogP contribution in [0.5, 0.6) is 5.88 Å². The molecule has 28 heavy (non-hydrogen) atoms. The van der Waals surface area contributed by atoms with E-state index in [2.05, 4.69) is 25.0 Å². The highest BCUT2D eigenvalue weighted by molar-refractivity contribution is 6.02. The van der Waals surface area contributed by atoms with Crippen LogP contribution in [0.4, 0.5) is 18.9 Å². The predicted molar refractivity (Wildman–Crippen MR) is 92.5 cm³/mol. The number of carbonyl (C=O) groups is 1. The smallest absolute Gasteiger partial charge is 0.282 e. The zero-order valence-corrected chi connectivity index (χ0v) is 14.7. The maximum absolute atomic E-state index is 14.3. The Bertz CT molecular complexity index is 908. The number of carbonyl (C=O) groups excluding carboxylic acids is 1. The first-order chi connectivity index (χ1) is 13.4. The molecule has 1 amide bonds. The minimum atomic E-state index is -1.15. The van der Waals surface area contributed by atoms with Crippen molar-refractivity contribution in [2.24, 2.45) is 10.7 Å². The number of hydrogen-bond donors (Lipinski definition) is 2. The van der Waals surface area contributed by atoms with Gasteiger partial charge >= 0.3 is 0 Å². The van der Waals surface area contributed by atoms with E-state index in [1.807, 2.05) is 0 Å². The van der Waals surface area contributed by atoms with Gasteiger partial charge < -0.3 is 20.5 Å². The number of rotatable bonds is 5. The number of benzene rings is 1. The molecule has 1 aromatic heterocycles. The molecule has 3 N–H and O–H groups in total. The van der Waals surface area contributed by atoms with Crippen molar-refractivity contribution < 1.29 is 27.4 Å². The van der Waals surface area contributed by atoms with Crippen molar-refractivity contribution in [3.8, 4) is 5.88 Å². The Hall–Kier alpha value is -3.37. The number of aliphatic imine (C=N–C) groups is 1. The van der Waals surface area contributed by atoms with Gasteiger partial charge in [-0.05, 0) is 13.0 Å². The highest BCUT2D eigenvalue weighted by Crippen LogP contribution is 2.32. The number of nitrogens with zero attached hydrogens (tertiary/aromatic N) is 3. The normalized spacial score (nSPS) is 18.8. The van der Waals surface area contributed by atoms with E-state index < -0.39 is 30.4 Å². The Labute approximate surface area is 157 Å². The summed E-state index contributed by atoms with van der Waals surface area (Å²) in [5, 5.41) is 2.41. The van der Waals surface area contributed by atoms with Crippen molar-refractivity contribution >= 4 is 17.6 Å². The Morgan fingerprint density at radius 3 is 2.79 bits per heavy atom. The van der Waals surface area contributed by atoms with Gasteiger partial charge in [-0.2, -0.15) is 0 Å². The quantitative estimate of drug-likeness (QED) is 0.805. The molecule has 1 aliphatic rings. The lowest BCUT2D eigenvalue weighted by Gasteiger charge is -2.25. The highest BCUT2D eigenvalue weighted by Gasteiger charge is 2.26. The second kappa shape index (κ2) is 8.11. The molecule has 2 atom stereocenters. The molecular weight excluding hydrogens is 379 g/mol. The molecule has 2 aromatic rings. The maximum Gasteiger partial charge on any atom is 0.282 e. The van der Waals surface area contributed by atoms with Crippen LogP contribution in [0.1, 0.15) is 35.4 Å². The van der Waals surface area contributed by atoms with Crippen LogP contribution in [0.3, 0.4) is 0 Å². The summed E-state index contributed by atoms with van der Waals surface area (Å²) in [6, 6.07) is 1.22. The van der Waals surface area contributed by atoms with Gasteiger partial charge in [0.05, 0.1) is 18.4 Å². The number of halogens is 3. The Kier molecular flexibility index (Phi) is 5.62. The molecule has 0 saturated heterocycles. The molecule has 2 unspecified atom stereocenters. The van der Waals surface area contributed by atoms with Crippen molar-refractivity contribution in [2.45, 2.75) is 25.5 Å². The van der Waals surface area contributed by atoms with Crippen LogP contribution in [0.2, 0.25) is 0 Å². The number of alkyl halides is 1. The Balaban J connectivity index is 1.83. The third-order valence-corrected chi connectivity index (χ3v) is 3.90. The summed E-state index contributed by atoms with van der Waals surface area (Å²) in [7, 11) is 0. The minimum Gasteiger partial charge on any atom is -0.462 e. The number of amides is 1. The van der Waals surface area contributed by atoms with Gasteiger partial charge in [-0.15, -0.1) is 0 Å². The zero-order chi connectivity index (χ0) is 20.3. The molecule has 0 aliphatic carbocycles. The molecule has 0 radical (unpaired) electrons. The summed E-state index contributed by atoms with van der Waals surface area (Å²) < 4.78 is 50.1. The van der Waals surface area contributed by atoms with Crippen LogP contribution in [-0.4, -0.2) is 34.9 Å². The van der Waals surface area contributed by atoms with Gasteiger partial charge in [0.15, 0.2) is 11.6 Å².